The molecular formula is C8H16N2O2. The first kappa shape index (κ1) is 9.35. The maximum Gasteiger partial charge on any atom is 0.174 e. The molecule has 12 heavy (non-hydrogen) atoms. The van der Waals surface area contributed by atoms with Gasteiger partial charge in [-0.25, -0.2) is 0 Å². The minimum atomic E-state index is -0.138. The molecule has 70 valence electrons. The minimum Gasteiger partial charge on any atom is -0.362 e. The predicted octanol–water partition coefficient (Wildman–Crippen LogP) is 0.281. The lowest BCUT2D eigenvalue weighted by atomic mass is 10.5. The number of hydrogen-bond acceptors (Lipinski definition) is 4. The number of hydrogen-bond donors (Lipinski definition) is 0. The molecule has 0 bridgehead atoms. The van der Waals surface area contributed by atoms with Crippen LogP contribution in [0, 0.1) is 0 Å². The SMILES string of the molecule is COC(CN1C=CN(C)C1)OC. The molecule has 0 saturated carbocycles. The fourth-order valence-corrected chi connectivity index (χ4v) is 1.14. The van der Waals surface area contributed by atoms with E-state index in [2.05, 4.69) is 9.80 Å². The fourth-order valence-electron chi connectivity index (χ4n) is 1.14. The smallest absolute Gasteiger partial charge is 0.174 e. The van der Waals surface area contributed by atoms with E-state index in [1.54, 1.807) is 14.2 Å². The summed E-state index contributed by atoms with van der Waals surface area (Å²) in [4.78, 5) is 4.24. The summed E-state index contributed by atoms with van der Waals surface area (Å²) in [6.45, 7) is 1.68. The number of rotatable bonds is 4. The molecule has 0 aromatic rings. The van der Waals surface area contributed by atoms with Crippen molar-refractivity contribution in [2.45, 2.75) is 6.29 Å². The second-order valence-corrected chi connectivity index (χ2v) is 2.87. The second kappa shape index (κ2) is 4.33. The highest BCUT2D eigenvalue weighted by molar-refractivity contribution is 4.88. The zero-order valence-electron chi connectivity index (χ0n) is 7.86. The summed E-state index contributed by atoms with van der Waals surface area (Å²) in [5.41, 5.74) is 0. The van der Waals surface area contributed by atoms with E-state index in [1.807, 2.05) is 19.4 Å². The first-order valence-corrected chi connectivity index (χ1v) is 3.94. The van der Waals surface area contributed by atoms with Crippen LogP contribution in [0.3, 0.4) is 0 Å². The van der Waals surface area contributed by atoms with E-state index in [0.717, 1.165) is 13.2 Å². The van der Waals surface area contributed by atoms with Gasteiger partial charge in [0.1, 0.15) is 0 Å². The van der Waals surface area contributed by atoms with Gasteiger partial charge < -0.3 is 19.3 Å². The van der Waals surface area contributed by atoms with Crippen molar-refractivity contribution in [2.75, 3.05) is 34.5 Å². The maximum absolute atomic E-state index is 5.08. The lowest BCUT2D eigenvalue weighted by molar-refractivity contribution is -0.112. The van der Waals surface area contributed by atoms with Crippen LogP contribution in [0.1, 0.15) is 0 Å². The summed E-state index contributed by atoms with van der Waals surface area (Å²) in [6, 6.07) is 0. The van der Waals surface area contributed by atoms with Crippen molar-refractivity contribution in [3.05, 3.63) is 12.4 Å². The molecule has 4 heteroatoms. The van der Waals surface area contributed by atoms with Gasteiger partial charge in [0.25, 0.3) is 0 Å². The normalized spacial score (nSPS) is 16.7. The zero-order chi connectivity index (χ0) is 8.97. The molecule has 1 rings (SSSR count). The highest BCUT2D eigenvalue weighted by Gasteiger charge is 2.13. The van der Waals surface area contributed by atoms with Crippen molar-refractivity contribution in [3.8, 4) is 0 Å². The van der Waals surface area contributed by atoms with Crippen molar-refractivity contribution in [3.63, 3.8) is 0 Å². The lowest BCUT2D eigenvalue weighted by Gasteiger charge is -2.22. The molecule has 0 saturated heterocycles. The molecule has 0 unspecified atom stereocenters. The third-order valence-corrected chi connectivity index (χ3v) is 1.85. The average Bonchev–Trinajstić information content (AvgIpc) is 2.47. The van der Waals surface area contributed by atoms with Gasteiger partial charge in [-0.15, -0.1) is 0 Å². The standard InChI is InChI=1S/C8H16N2O2/c1-9-4-5-10(7-9)6-8(11-2)12-3/h4-5,8H,6-7H2,1-3H3. The molecular weight excluding hydrogens is 156 g/mol. The minimum absolute atomic E-state index is 0.138. The van der Waals surface area contributed by atoms with Crippen LogP contribution in [0.25, 0.3) is 0 Å². The van der Waals surface area contributed by atoms with Gasteiger partial charge in [0.15, 0.2) is 6.29 Å². The predicted molar refractivity (Wildman–Crippen MR) is 46.3 cm³/mol. The van der Waals surface area contributed by atoms with E-state index >= 15 is 0 Å². The monoisotopic (exact) mass is 172 g/mol. The van der Waals surface area contributed by atoms with Crippen LogP contribution in [0.15, 0.2) is 12.4 Å². The summed E-state index contributed by atoms with van der Waals surface area (Å²) in [6.07, 6.45) is 3.93. The number of ether oxygens (including phenoxy) is 2. The van der Waals surface area contributed by atoms with Crippen LogP contribution < -0.4 is 0 Å². The second-order valence-electron chi connectivity index (χ2n) is 2.87. The molecule has 0 atom stereocenters. The Morgan fingerprint density at radius 3 is 2.42 bits per heavy atom. The van der Waals surface area contributed by atoms with E-state index in [0.29, 0.717) is 0 Å². The average molecular weight is 172 g/mol. The highest BCUT2D eigenvalue weighted by atomic mass is 16.7. The van der Waals surface area contributed by atoms with Crippen LogP contribution in [-0.2, 0) is 9.47 Å². The summed E-state index contributed by atoms with van der Waals surface area (Å²) in [5, 5.41) is 0. The molecule has 0 aliphatic carbocycles. The number of nitrogens with zero attached hydrogens (tertiary/aromatic N) is 2. The van der Waals surface area contributed by atoms with Crippen LogP contribution in [0.4, 0.5) is 0 Å². The Morgan fingerprint density at radius 1 is 1.33 bits per heavy atom. The van der Waals surface area contributed by atoms with E-state index in [4.69, 9.17) is 9.47 Å². The lowest BCUT2D eigenvalue weighted by Crippen LogP contribution is -2.32. The van der Waals surface area contributed by atoms with Crippen molar-refractivity contribution in [2.24, 2.45) is 0 Å². The fraction of sp³-hybridized carbons (Fsp3) is 0.750. The topological polar surface area (TPSA) is 24.9 Å². The summed E-state index contributed by atoms with van der Waals surface area (Å²) in [5.74, 6) is 0. The van der Waals surface area contributed by atoms with Crippen LogP contribution in [0.5, 0.6) is 0 Å². The van der Waals surface area contributed by atoms with Gasteiger partial charge >= 0.3 is 0 Å². The van der Waals surface area contributed by atoms with E-state index in [-0.39, 0.29) is 6.29 Å². The first-order chi connectivity index (χ1) is 5.76. The third-order valence-electron chi connectivity index (χ3n) is 1.85. The first-order valence-electron chi connectivity index (χ1n) is 3.94. The van der Waals surface area contributed by atoms with Crippen LogP contribution in [-0.4, -0.2) is 50.6 Å². The van der Waals surface area contributed by atoms with Crippen molar-refractivity contribution < 1.29 is 9.47 Å². The molecule has 0 amide bonds. The van der Waals surface area contributed by atoms with Gasteiger partial charge in [0.05, 0.1) is 13.2 Å². The summed E-state index contributed by atoms with van der Waals surface area (Å²) in [7, 11) is 5.33. The molecule has 0 fully saturated rings. The summed E-state index contributed by atoms with van der Waals surface area (Å²) < 4.78 is 10.2. The molecule has 4 nitrogen and oxygen atoms in total. The Bertz CT molecular complexity index is 157. The Kier molecular flexibility index (Phi) is 3.37. The molecule has 0 radical (unpaired) electrons. The third kappa shape index (κ3) is 2.39. The Morgan fingerprint density at radius 2 is 2.00 bits per heavy atom. The van der Waals surface area contributed by atoms with E-state index < -0.39 is 0 Å². The number of methoxy groups -OCH3 is 2. The maximum atomic E-state index is 5.08. The Labute approximate surface area is 73.3 Å². The Hall–Kier alpha value is -0.740. The molecule has 0 aromatic carbocycles. The zero-order valence-corrected chi connectivity index (χ0v) is 7.86. The quantitative estimate of drug-likeness (QED) is 0.569. The Balaban J connectivity index is 2.27. The van der Waals surface area contributed by atoms with Crippen LogP contribution in [0.2, 0.25) is 0 Å². The van der Waals surface area contributed by atoms with Gasteiger partial charge in [-0.05, 0) is 0 Å². The van der Waals surface area contributed by atoms with Gasteiger partial charge in [0, 0.05) is 33.7 Å². The van der Waals surface area contributed by atoms with Crippen molar-refractivity contribution in [1.82, 2.24) is 9.80 Å². The van der Waals surface area contributed by atoms with E-state index in [9.17, 15) is 0 Å². The van der Waals surface area contributed by atoms with E-state index in [1.165, 1.54) is 0 Å². The molecule has 0 aromatic heterocycles. The molecule has 0 spiro atoms. The summed E-state index contributed by atoms with van der Waals surface area (Å²) >= 11 is 0. The van der Waals surface area contributed by atoms with Crippen LogP contribution >= 0.6 is 0 Å². The largest absolute Gasteiger partial charge is 0.362 e. The van der Waals surface area contributed by atoms with Crippen molar-refractivity contribution >= 4 is 0 Å². The van der Waals surface area contributed by atoms with Gasteiger partial charge in [0.2, 0.25) is 0 Å². The van der Waals surface area contributed by atoms with Gasteiger partial charge in [-0.3, -0.25) is 0 Å². The van der Waals surface area contributed by atoms with Gasteiger partial charge in [-0.1, -0.05) is 0 Å². The van der Waals surface area contributed by atoms with Crippen molar-refractivity contribution in [1.29, 1.82) is 0 Å². The molecule has 1 aliphatic heterocycles. The highest BCUT2D eigenvalue weighted by Crippen LogP contribution is 2.05. The molecule has 1 aliphatic rings. The molecule has 0 N–H and O–H groups in total. The van der Waals surface area contributed by atoms with Gasteiger partial charge in [-0.2, -0.15) is 0 Å². The molecule has 1 heterocycles.